The summed E-state index contributed by atoms with van der Waals surface area (Å²) >= 11 is 0. The Labute approximate surface area is 119 Å². The van der Waals surface area contributed by atoms with Crippen LogP contribution in [0.3, 0.4) is 0 Å². The largest absolute Gasteiger partial charge is 0.545 e. The van der Waals surface area contributed by atoms with Crippen molar-refractivity contribution in [1.29, 1.82) is 0 Å². The summed E-state index contributed by atoms with van der Waals surface area (Å²) in [6, 6.07) is 6.88. The van der Waals surface area contributed by atoms with Crippen molar-refractivity contribution in [3.8, 4) is 0 Å². The highest BCUT2D eigenvalue weighted by atomic mass is 16.4. The number of hydrogen-bond donors (Lipinski definition) is 0. The predicted molar refractivity (Wildman–Crippen MR) is 74.2 cm³/mol. The van der Waals surface area contributed by atoms with Gasteiger partial charge >= 0.3 is 0 Å². The monoisotopic (exact) mass is 272 g/mol. The number of aromatic carboxylic acids is 1. The van der Waals surface area contributed by atoms with Gasteiger partial charge in [0.05, 0.1) is 12.5 Å². The van der Waals surface area contributed by atoms with E-state index < -0.39 is 5.97 Å². The van der Waals surface area contributed by atoms with Crippen molar-refractivity contribution in [3.63, 3.8) is 0 Å². The van der Waals surface area contributed by atoms with E-state index in [1.807, 2.05) is 12.1 Å². The molecule has 0 unspecified atom stereocenters. The summed E-state index contributed by atoms with van der Waals surface area (Å²) in [5.41, 5.74) is 1.31. The summed E-state index contributed by atoms with van der Waals surface area (Å²) in [4.78, 5) is 10.7. The summed E-state index contributed by atoms with van der Waals surface area (Å²) in [5, 5.41) is 10.7. The van der Waals surface area contributed by atoms with Gasteiger partial charge in [-0.25, -0.2) is 9.13 Å². The molecule has 0 saturated heterocycles. The van der Waals surface area contributed by atoms with E-state index in [1.54, 1.807) is 12.1 Å². The highest BCUT2D eigenvalue weighted by Crippen LogP contribution is 2.05. The summed E-state index contributed by atoms with van der Waals surface area (Å²) < 4.78 is 4.49. The quantitative estimate of drug-likeness (QED) is 0.741. The van der Waals surface area contributed by atoms with Crippen LogP contribution < -0.4 is 9.67 Å². The standard InChI is InChI=1S/C16H20N2O2/c1-3-9-17-10-11-18(15(17)4-2)12-13-5-7-14(8-6-13)16(19)20/h5-8,10-11H,3-4,9,12H2,1-2H3. The number of imidazole rings is 1. The number of carboxylic acids is 1. The zero-order valence-corrected chi connectivity index (χ0v) is 12.0. The van der Waals surface area contributed by atoms with Crippen LogP contribution in [0.25, 0.3) is 0 Å². The second-order valence-electron chi connectivity index (χ2n) is 4.87. The van der Waals surface area contributed by atoms with E-state index in [9.17, 15) is 9.90 Å². The van der Waals surface area contributed by atoms with Gasteiger partial charge in [0.1, 0.15) is 18.9 Å². The minimum absolute atomic E-state index is 0.220. The molecule has 0 aliphatic heterocycles. The number of carboxylic acid groups (broad SMARTS) is 1. The molecule has 4 heteroatoms. The zero-order chi connectivity index (χ0) is 14.5. The van der Waals surface area contributed by atoms with Gasteiger partial charge in [-0.2, -0.15) is 0 Å². The molecular weight excluding hydrogens is 252 g/mol. The molecule has 0 fully saturated rings. The first-order valence-corrected chi connectivity index (χ1v) is 7.03. The van der Waals surface area contributed by atoms with E-state index in [4.69, 9.17) is 0 Å². The lowest BCUT2D eigenvalue weighted by molar-refractivity contribution is -0.695. The van der Waals surface area contributed by atoms with Gasteiger partial charge in [0.15, 0.2) is 0 Å². The molecule has 0 atom stereocenters. The highest BCUT2D eigenvalue weighted by Gasteiger charge is 2.14. The SMILES string of the molecule is CCCn1cc[n+](Cc2ccc(C(=O)[O-])cc2)c1CC. The maximum atomic E-state index is 10.7. The van der Waals surface area contributed by atoms with Crippen LogP contribution in [-0.2, 0) is 19.5 Å². The second-order valence-corrected chi connectivity index (χ2v) is 4.87. The van der Waals surface area contributed by atoms with Crippen molar-refractivity contribution in [2.45, 2.75) is 39.8 Å². The molecule has 0 amide bonds. The normalized spacial score (nSPS) is 10.7. The van der Waals surface area contributed by atoms with Crippen LogP contribution in [0, 0.1) is 0 Å². The van der Waals surface area contributed by atoms with Crippen LogP contribution in [0.1, 0.15) is 42.0 Å². The number of aryl methyl sites for hydroxylation is 1. The maximum absolute atomic E-state index is 10.7. The Balaban J connectivity index is 2.19. The first kappa shape index (κ1) is 14.3. The Morgan fingerprint density at radius 3 is 2.50 bits per heavy atom. The van der Waals surface area contributed by atoms with Crippen LogP contribution in [0.5, 0.6) is 0 Å². The summed E-state index contributed by atoms with van der Waals surface area (Å²) in [5.74, 6) is 0.156. The third kappa shape index (κ3) is 3.07. The molecule has 1 aromatic heterocycles. The van der Waals surface area contributed by atoms with Gasteiger partial charge in [0.2, 0.25) is 0 Å². The van der Waals surface area contributed by atoms with Gasteiger partial charge in [-0.3, -0.25) is 0 Å². The highest BCUT2D eigenvalue weighted by molar-refractivity contribution is 5.85. The molecule has 0 spiro atoms. The molecular formula is C16H20N2O2. The lowest BCUT2D eigenvalue weighted by Gasteiger charge is -2.05. The maximum Gasteiger partial charge on any atom is 0.256 e. The van der Waals surface area contributed by atoms with Gasteiger partial charge in [0.25, 0.3) is 5.82 Å². The molecule has 1 aromatic carbocycles. The number of aromatic nitrogens is 2. The van der Waals surface area contributed by atoms with Gasteiger partial charge in [-0.15, -0.1) is 0 Å². The van der Waals surface area contributed by atoms with Gasteiger partial charge in [0, 0.05) is 6.42 Å². The fraction of sp³-hybridized carbons (Fsp3) is 0.375. The van der Waals surface area contributed by atoms with Crippen LogP contribution in [0.4, 0.5) is 0 Å². The molecule has 106 valence electrons. The lowest BCUT2D eigenvalue weighted by Crippen LogP contribution is -2.37. The number of rotatable bonds is 6. The molecule has 1 heterocycles. The van der Waals surface area contributed by atoms with E-state index >= 15 is 0 Å². The van der Waals surface area contributed by atoms with Gasteiger partial charge < -0.3 is 9.90 Å². The average Bonchev–Trinajstić information content (AvgIpc) is 2.82. The smallest absolute Gasteiger partial charge is 0.256 e. The molecule has 0 saturated carbocycles. The van der Waals surface area contributed by atoms with Crippen molar-refractivity contribution < 1.29 is 14.5 Å². The molecule has 0 bridgehead atoms. The minimum Gasteiger partial charge on any atom is -0.545 e. The average molecular weight is 272 g/mol. The first-order valence-electron chi connectivity index (χ1n) is 7.03. The van der Waals surface area contributed by atoms with Crippen LogP contribution in [0.15, 0.2) is 36.7 Å². The first-order chi connectivity index (χ1) is 9.65. The molecule has 2 rings (SSSR count). The Hall–Kier alpha value is -2.10. The van der Waals surface area contributed by atoms with Gasteiger partial charge in [-0.1, -0.05) is 38.1 Å². The molecule has 4 nitrogen and oxygen atoms in total. The molecule has 2 aromatic rings. The number of hydrogen-bond acceptors (Lipinski definition) is 2. The predicted octanol–water partition coefficient (Wildman–Crippen LogP) is 1.16. The Kier molecular flexibility index (Phi) is 4.56. The number of carbonyl (C=O) groups excluding carboxylic acids is 1. The van der Waals surface area contributed by atoms with Crippen LogP contribution >= 0.6 is 0 Å². The van der Waals surface area contributed by atoms with E-state index in [2.05, 4.69) is 35.4 Å². The Morgan fingerprint density at radius 1 is 1.25 bits per heavy atom. The van der Waals surface area contributed by atoms with Crippen molar-refractivity contribution >= 4 is 5.97 Å². The van der Waals surface area contributed by atoms with Crippen LogP contribution in [-0.4, -0.2) is 10.5 Å². The van der Waals surface area contributed by atoms with E-state index in [1.165, 1.54) is 5.82 Å². The molecule has 0 aliphatic carbocycles. The van der Waals surface area contributed by atoms with Crippen molar-refractivity contribution in [2.24, 2.45) is 0 Å². The van der Waals surface area contributed by atoms with E-state index in [0.29, 0.717) is 0 Å². The Morgan fingerprint density at radius 2 is 1.95 bits per heavy atom. The molecule has 0 N–H and O–H groups in total. The zero-order valence-electron chi connectivity index (χ0n) is 12.0. The summed E-state index contributed by atoms with van der Waals surface area (Å²) in [6.07, 6.45) is 6.28. The van der Waals surface area contributed by atoms with Gasteiger partial charge in [-0.05, 0) is 17.5 Å². The third-order valence-corrected chi connectivity index (χ3v) is 3.41. The Bertz CT molecular complexity index is 585. The summed E-state index contributed by atoms with van der Waals surface area (Å²) in [7, 11) is 0. The molecule has 0 aliphatic rings. The number of benzene rings is 1. The van der Waals surface area contributed by atoms with E-state index in [-0.39, 0.29) is 5.56 Å². The topological polar surface area (TPSA) is 48.9 Å². The second kappa shape index (κ2) is 6.37. The fourth-order valence-electron chi connectivity index (χ4n) is 2.44. The minimum atomic E-state index is -1.13. The van der Waals surface area contributed by atoms with Crippen LogP contribution in [0.2, 0.25) is 0 Å². The lowest BCUT2D eigenvalue weighted by atomic mass is 10.1. The molecule has 20 heavy (non-hydrogen) atoms. The number of carbonyl (C=O) groups is 1. The van der Waals surface area contributed by atoms with Crippen molar-refractivity contribution in [1.82, 2.24) is 4.57 Å². The molecule has 0 radical (unpaired) electrons. The number of nitrogens with zero attached hydrogens (tertiary/aromatic N) is 2. The summed E-state index contributed by atoms with van der Waals surface area (Å²) in [6.45, 7) is 6.10. The van der Waals surface area contributed by atoms with Crippen molar-refractivity contribution in [2.75, 3.05) is 0 Å². The fourth-order valence-corrected chi connectivity index (χ4v) is 2.44. The van der Waals surface area contributed by atoms with E-state index in [0.717, 1.165) is 31.5 Å². The van der Waals surface area contributed by atoms with Crippen molar-refractivity contribution in [3.05, 3.63) is 53.6 Å². The third-order valence-electron chi connectivity index (χ3n) is 3.41.